The first-order chi connectivity index (χ1) is 17.0. The van der Waals surface area contributed by atoms with E-state index in [1.165, 1.54) is 0 Å². The molecule has 2 unspecified atom stereocenters. The number of ether oxygens (including phenoxy) is 1. The number of carboxylic acid groups (broad SMARTS) is 1. The Hall–Kier alpha value is -3.79. The molecule has 2 amide bonds. The van der Waals surface area contributed by atoms with Gasteiger partial charge in [-0.3, -0.25) is 9.59 Å². The monoisotopic (exact) mass is 474 g/mol. The molecule has 1 fully saturated rings. The Morgan fingerprint density at radius 1 is 0.971 bits per heavy atom. The molecule has 3 N–H and O–H groups in total. The number of benzene rings is 2. The number of carbonyl (C=O) groups is 3. The van der Waals surface area contributed by atoms with Crippen molar-refractivity contribution in [1.29, 1.82) is 0 Å². The third-order valence-electron chi connectivity index (χ3n) is 6.82. The minimum absolute atomic E-state index is 0.00277. The molecule has 0 spiro atoms. The lowest BCUT2D eigenvalue weighted by atomic mass is 9.81. The van der Waals surface area contributed by atoms with Gasteiger partial charge < -0.3 is 20.5 Å². The number of rotatable bonds is 7. The van der Waals surface area contributed by atoms with E-state index in [0.717, 1.165) is 47.9 Å². The van der Waals surface area contributed by atoms with Crippen LogP contribution < -0.4 is 10.6 Å². The Balaban J connectivity index is 1.23. The predicted octanol–water partition coefficient (Wildman–Crippen LogP) is 4.07. The molecule has 7 nitrogen and oxygen atoms in total. The number of hydrogen-bond acceptors (Lipinski definition) is 4. The fourth-order valence-electron chi connectivity index (χ4n) is 5.15. The summed E-state index contributed by atoms with van der Waals surface area (Å²) in [6.07, 6.45) is 3.87. The van der Waals surface area contributed by atoms with Crippen molar-refractivity contribution < 1.29 is 24.2 Å². The number of carboxylic acids is 1. The third-order valence-corrected chi connectivity index (χ3v) is 6.82. The molecule has 2 aliphatic rings. The number of nitrogens with one attached hydrogen (secondary N) is 2. The van der Waals surface area contributed by atoms with Gasteiger partial charge in [0.2, 0.25) is 0 Å². The average molecular weight is 475 g/mol. The lowest BCUT2D eigenvalue weighted by Crippen LogP contribution is -2.41. The molecule has 0 bridgehead atoms. The highest BCUT2D eigenvalue weighted by molar-refractivity contribution is 5.93. The van der Waals surface area contributed by atoms with Crippen molar-refractivity contribution in [2.75, 3.05) is 13.2 Å². The molecule has 0 saturated heterocycles. The van der Waals surface area contributed by atoms with E-state index in [4.69, 9.17) is 9.84 Å². The Morgan fingerprint density at radius 2 is 1.63 bits per heavy atom. The van der Waals surface area contributed by atoms with Gasteiger partial charge in [-0.25, -0.2) is 4.79 Å². The van der Waals surface area contributed by atoms with Gasteiger partial charge in [-0.1, -0.05) is 67.3 Å². The number of amides is 2. The molecular weight excluding hydrogens is 444 g/mol. The van der Waals surface area contributed by atoms with Crippen LogP contribution in [0.3, 0.4) is 0 Å². The van der Waals surface area contributed by atoms with Crippen molar-refractivity contribution in [2.24, 2.45) is 5.92 Å². The zero-order valence-corrected chi connectivity index (χ0v) is 19.6. The molecule has 182 valence electrons. The Morgan fingerprint density at radius 3 is 2.31 bits per heavy atom. The molecule has 4 rings (SSSR count). The molecule has 7 heteroatoms. The molecule has 0 radical (unpaired) electrons. The summed E-state index contributed by atoms with van der Waals surface area (Å²) in [5.74, 6) is 4.08. The summed E-state index contributed by atoms with van der Waals surface area (Å²) < 4.78 is 5.46. The largest absolute Gasteiger partial charge is 0.481 e. The van der Waals surface area contributed by atoms with Crippen LogP contribution in [0, 0.1) is 17.8 Å². The fourth-order valence-corrected chi connectivity index (χ4v) is 5.15. The average Bonchev–Trinajstić information content (AvgIpc) is 3.18. The SMILES string of the molecule is O=C(O)CCC1CCCCC1NC(=O)C#CCNC(=O)OCC1c2ccccc2-c2ccccc21. The van der Waals surface area contributed by atoms with E-state index >= 15 is 0 Å². The Labute approximate surface area is 205 Å². The lowest BCUT2D eigenvalue weighted by molar-refractivity contribution is -0.137. The van der Waals surface area contributed by atoms with E-state index in [-0.39, 0.29) is 37.5 Å². The van der Waals surface area contributed by atoms with Gasteiger partial charge in [0.1, 0.15) is 6.61 Å². The first-order valence-electron chi connectivity index (χ1n) is 12.1. The van der Waals surface area contributed by atoms with Crippen LogP contribution in [0.2, 0.25) is 0 Å². The van der Waals surface area contributed by atoms with Crippen molar-refractivity contribution in [3.05, 3.63) is 59.7 Å². The van der Waals surface area contributed by atoms with Crippen LogP contribution in [0.1, 0.15) is 55.6 Å². The summed E-state index contributed by atoms with van der Waals surface area (Å²) in [5.41, 5.74) is 4.61. The van der Waals surface area contributed by atoms with Crippen molar-refractivity contribution in [1.82, 2.24) is 10.6 Å². The molecule has 1 saturated carbocycles. The van der Waals surface area contributed by atoms with E-state index in [2.05, 4.69) is 46.7 Å². The summed E-state index contributed by atoms with van der Waals surface area (Å²) in [6, 6.07) is 16.2. The Kier molecular flexibility index (Phi) is 8.04. The number of carbonyl (C=O) groups excluding carboxylic acids is 2. The fraction of sp³-hybridized carbons (Fsp3) is 0.393. The molecule has 2 aromatic carbocycles. The van der Waals surface area contributed by atoms with Gasteiger partial charge in [0, 0.05) is 18.4 Å². The van der Waals surface area contributed by atoms with Gasteiger partial charge in [0.15, 0.2) is 0 Å². The molecule has 2 aromatic rings. The first-order valence-corrected chi connectivity index (χ1v) is 12.1. The van der Waals surface area contributed by atoms with Gasteiger partial charge >= 0.3 is 12.1 Å². The number of aliphatic carboxylic acids is 1. The minimum Gasteiger partial charge on any atom is -0.481 e. The zero-order valence-electron chi connectivity index (χ0n) is 19.6. The van der Waals surface area contributed by atoms with Gasteiger partial charge in [0.25, 0.3) is 5.91 Å². The highest BCUT2D eigenvalue weighted by Crippen LogP contribution is 2.44. The molecule has 2 aliphatic carbocycles. The predicted molar refractivity (Wildman–Crippen MR) is 132 cm³/mol. The van der Waals surface area contributed by atoms with E-state index in [0.29, 0.717) is 6.42 Å². The van der Waals surface area contributed by atoms with Crippen LogP contribution in [0.4, 0.5) is 4.79 Å². The van der Waals surface area contributed by atoms with Crippen LogP contribution in [0.25, 0.3) is 11.1 Å². The van der Waals surface area contributed by atoms with E-state index in [1.807, 2.05) is 24.3 Å². The first kappa shape index (κ1) is 24.3. The number of fused-ring (bicyclic) bond motifs is 3. The van der Waals surface area contributed by atoms with Crippen molar-refractivity contribution in [3.8, 4) is 23.0 Å². The van der Waals surface area contributed by atoms with Gasteiger partial charge in [-0.15, -0.1) is 0 Å². The topological polar surface area (TPSA) is 105 Å². The maximum atomic E-state index is 12.2. The second kappa shape index (κ2) is 11.6. The van der Waals surface area contributed by atoms with Crippen LogP contribution in [-0.2, 0) is 14.3 Å². The van der Waals surface area contributed by atoms with E-state index in [9.17, 15) is 14.4 Å². The highest BCUT2D eigenvalue weighted by Gasteiger charge is 2.29. The summed E-state index contributed by atoms with van der Waals surface area (Å²) >= 11 is 0. The maximum Gasteiger partial charge on any atom is 0.407 e. The van der Waals surface area contributed by atoms with E-state index < -0.39 is 18.0 Å². The molecule has 2 atom stereocenters. The van der Waals surface area contributed by atoms with E-state index in [1.54, 1.807) is 0 Å². The molecule has 0 aromatic heterocycles. The second-order valence-corrected chi connectivity index (χ2v) is 9.04. The summed E-state index contributed by atoms with van der Waals surface area (Å²) in [6.45, 7) is 0.213. The van der Waals surface area contributed by atoms with Crippen molar-refractivity contribution in [3.63, 3.8) is 0 Å². The van der Waals surface area contributed by atoms with Crippen LogP contribution in [0.5, 0.6) is 0 Å². The van der Waals surface area contributed by atoms with Crippen LogP contribution >= 0.6 is 0 Å². The summed E-state index contributed by atoms with van der Waals surface area (Å²) in [4.78, 5) is 35.3. The third kappa shape index (κ3) is 6.21. The highest BCUT2D eigenvalue weighted by atomic mass is 16.5. The smallest absolute Gasteiger partial charge is 0.407 e. The van der Waals surface area contributed by atoms with Crippen LogP contribution in [-0.4, -0.2) is 42.3 Å². The molecule has 0 aliphatic heterocycles. The normalized spacial score (nSPS) is 18.4. The van der Waals surface area contributed by atoms with Gasteiger partial charge in [0.05, 0.1) is 6.54 Å². The second-order valence-electron chi connectivity index (χ2n) is 9.04. The summed E-state index contributed by atoms with van der Waals surface area (Å²) in [7, 11) is 0. The minimum atomic E-state index is -0.820. The van der Waals surface area contributed by atoms with Crippen molar-refractivity contribution in [2.45, 2.75) is 50.5 Å². The summed E-state index contributed by atoms with van der Waals surface area (Å²) in [5, 5.41) is 14.4. The van der Waals surface area contributed by atoms with Gasteiger partial charge in [-0.05, 0) is 53.4 Å². The molecule has 35 heavy (non-hydrogen) atoms. The number of alkyl carbamates (subject to hydrolysis) is 1. The van der Waals surface area contributed by atoms with Crippen LogP contribution in [0.15, 0.2) is 48.5 Å². The number of hydrogen-bond donors (Lipinski definition) is 3. The Bertz CT molecular complexity index is 1100. The zero-order chi connectivity index (χ0) is 24.6. The quantitative estimate of drug-likeness (QED) is 0.525. The van der Waals surface area contributed by atoms with Gasteiger partial charge in [-0.2, -0.15) is 0 Å². The lowest BCUT2D eigenvalue weighted by Gasteiger charge is -2.31. The maximum absolute atomic E-state index is 12.2. The van der Waals surface area contributed by atoms with Crippen molar-refractivity contribution >= 4 is 18.0 Å². The molecule has 0 heterocycles. The standard InChI is InChI=1S/C28H30N2O5/c31-26(30-25-13-6-1-8-19(25)15-16-27(32)33)14-7-17-29-28(34)35-18-24-22-11-4-2-9-20(22)21-10-3-5-12-23(21)24/h2-5,9-12,19,24-25H,1,6,8,13,15-18H2,(H,29,34)(H,30,31)(H,32,33). The molecular formula is C28H30N2O5.